The van der Waals surface area contributed by atoms with Crippen molar-refractivity contribution in [3.05, 3.63) is 82.9 Å². The van der Waals surface area contributed by atoms with Crippen molar-refractivity contribution in [2.75, 3.05) is 31.2 Å². The number of aryl methyl sites for hydroxylation is 1. The Morgan fingerprint density at radius 1 is 1.15 bits per heavy atom. The molecule has 1 aromatic heterocycles. The van der Waals surface area contributed by atoms with Crippen molar-refractivity contribution < 1.29 is 14.7 Å². The van der Waals surface area contributed by atoms with Gasteiger partial charge in [0.1, 0.15) is 5.69 Å². The van der Waals surface area contributed by atoms with Crippen LogP contribution in [-0.4, -0.2) is 59.4 Å². The van der Waals surface area contributed by atoms with E-state index in [4.69, 9.17) is 5.11 Å². The first-order chi connectivity index (χ1) is 18.9. The smallest absolute Gasteiger partial charge is 0.271 e. The number of rotatable bonds is 10. The van der Waals surface area contributed by atoms with Gasteiger partial charge in [0.15, 0.2) is 5.13 Å². The van der Waals surface area contributed by atoms with Gasteiger partial charge in [0.25, 0.3) is 11.8 Å². The number of aliphatic hydroxyl groups excluding tert-OH is 1. The van der Waals surface area contributed by atoms with Gasteiger partial charge in [0.2, 0.25) is 0 Å². The summed E-state index contributed by atoms with van der Waals surface area (Å²) in [5, 5.41) is 14.3. The third kappa shape index (κ3) is 15.9. The summed E-state index contributed by atoms with van der Waals surface area (Å²) in [6.45, 7) is 11.3. The van der Waals surface area contributed by atoms with Gasteiger partial charge in [-0.2, -0.15) is 0 Å². The lowest BCUT2D eigenvalue weighted by molar-refractivity contribution is -0.121. The molecule has 0 saturated heterocycles. The Balaban J connectivity index is 0.00000111. The molecule has 1 heterocycles. The average Bonchev–Trinajstić information content (AvgIpc) is 3.26. The number of nitrogens with zero attached hydrogens (tertiary/aromatic N) is 2. The summed E-state index contributed by atoms with van der Waals surface area (Å²) in [4.78, 5) is 28.9. The van der Waals surface area contributed by atoms with Gasteiger partial charge in [-0.25, -0.2) is 9.99 Å². The predicted octanol–water partition coefficient (Wildman–Crippen LogP) is 5.77. The van der Waals surface area contributed by atoms with Crippen molar-refractivity contribution in [2.24, 2.45) is 0 Å². The van der Waals surface area contributed by atoms with Crippen LogP contribution in [0.3, 0.4) is 0 Å². The lowest BCUT2D eigenvalue weighted by atomic mass is 10.2. The first kappa shape index (κ1) is 36.1. The lowest BCUT2D eigenvalue weighted by Gasteiger charge is -2.23. The minimum Gasteiger partial charge on any atom is -0.400 e. The summed E-state index contributed by atoms with van der Waals surface area (Å²) in [5.41, 5.74) is 5.32. The second-order valence-corrected chi connectivity index (χ2v) is 9.34. The second kappa shape index (κ2) is 23.0. The van der Waals surface area contributed by atoms with Crippen LogP contribution in [-0.2, 0) is 4.79 Å². The van der Waals surface area contributed by atoms with Crippen molar-refractivity contribution in [1.29, 1.82) is 0 Å². The van der Waals surface area contributed by atoms with E-state index in [1.807, 2.05) is 87.5 Å². The number of amides is 2. The van der Waals surface area contributed by atoms with Crippen molar-refractivity contribution in [2.45, 2.75) is 53.5 Å². The van der Waals surface area contributed by atoms with Crippen LogP contribution in [0.15, 0.2) is 71.7 Å². The average molecular weight is 576 g/mol. The van der Waals surface area contributed by atoms with Gasteiger partial charge in [-0.05, 0) is 32.8 Å². The first-order valence-corrected chi connectivity index (χ1v) is 15.1. The molecule has 1 aromatic carbocycles. The number of aliphatic hydroxyl groups is 1. The topological polar surface area (TPSA) is 107 Å². The number of benzene rings is 1. The normalized spacial score (nSPS) is 12.2. The standard InChI is InChI=1S/C19H27N5O2S2.C7H8.C2H6.CH4O/c1-4-24(22-17(25)15-9-7-5-6-8-10-15)12-11-14(2)20-18(26)16-13-28-19(21-16)23-27-3;1-7-5-3-2-4-6-7;2*1-2/h5-7,9-10,13-14H,4,8,11-12H2,1-3H3,(H,20,26)(H,21,23)(H,22,25);2-6H,1H3;1-2H3;2H,1H3. The van der Waals surface area contributed by atoms with E-state index in [0.29, 0.717) is 35.9 Å². The molecule has 1 aliphatic rings. The summed E-state index contributed by atoms with van der Waals surface area (Å²) < 4.78 is 3.02. The number of allylic oxidation sites excluding steroid dienone is 4. The molecule has 0 spiro atoms. The maximum absolute atomic E-state index is 12.4. The molecule has 1 atom stereocenters. The zero-order valence-corrected chi connectivity index (χ0v) is 25.9. The fourth-order valence-electron chi connectivity index (χ4n) is 3.02. The number of hydrazine groups is 1. The molecule has 1 unspecified atom stereocenters. The highest BCUT2D eigenvalue weighted by Crippen LogP contribution is 2.17. The van der Waals surface area contributed by atoms with Gasteiger partial charge < -0.3 is 15.1 Å². The molecule has 0 fully saturated rings. The number of carbonyl (C=O) groups is 2. The molecular formula is C29H45N5O3S2. The van der Waals surface area contributed by atoms with Crippen LogP contribution in [0.25, 0.3) is 0 Å². The van der Waals surface area contributed by atoms with Gasteiger partial charge in [-0.3, -0.25) is 15.0 Å². The molecule has 8 nitrogen and oxygen atoms in total. The Morgan fingerprint density at radius 2 is 1.85 bits per heavy atom. The van der Waals surface area contributed by atoms with E-state index in [0.717, 1.165) is 13.5 Å². The van der Waals surface area contributed by atoms with Crippen molar-refractivity contribution in [3.8, 4) is 0 Å². The molecule has 0 saturated carbocycles. The number of anilines is 1. The summed E-state index contributed by atoms with van der Waals surface area (Å²) in [6.07, 6.45) is 12.9. The number of aromatic nitrogens is 1. The molecule has 0 aliphatic heterocycles. The molecule has 10 heteroatoms. The quantitative estimate of drug-likeness (QED) is 0.211. The van der Waals surface area contributed by atoms with Gasteiger partial charge >= 0.3 is 0 Å². The van der Waals surface area contributed by atoms with Crippen molar-refractivity contribution in [1.82, 2.24) is 20.7 Å². The Kier molecular flexibility index (Phi) is 21.3. The molecule has 4 N–H and O–H groups in total. The van der Waals surface area contributed by atoms with E-state index >= 15 is 0 Å². The second-order valence-electron chi connectivity index (χ2n) is 7.87. The molecule has 1 aliphatic carbocycles. The maximum atomic E-state index is 12.4. The molecule has 2 aromatic rings. The van der Waals surface area contributed by atoms with E-state index < -0.39 is 0 Å². The summed E-state index contributed by atoms with van der Waals surface area (Å²) >= 11 is 2.84. The first-order valence-electron chi connectivity index (χ1n) is 13.0. The fourth-order valence-corrected chi connectivity index (χ4v) is 4.21. The maximum Gasteiger partial charge on any atom is 0.271 e. The van der Waals surface area contributed by atoms with Gasteiger partial charge in [0, 0.05) is 43.5 Å². The Hall–Kier alpha value is -2.92. The van der Waals surface area contributed by atoms with E-state index in [1.54, 1.807) is 5.38 Å². The van der Waals surface area contributed by atoms with Gasteiger partial charge in [-0.1, -0.05) is 92.9 Å². The lowest BCUT2D eigenvalue weighted by Crippen LogP contribution is -2.45. The molecular weight excluding hydrogens is 530 g/mol. The van der Waals surface area contributed by atoms with Crippen LogP contribution in [0, 0.1) is 6.92 Å². The zero-order valence-electron chi connectivity index (χ0n) is 24.2. The Bertz CT molecular complexity index is 1020. The van der Waals surface area contributed by atoms with Crippen LogP contribution in [0.5, 0.6) is 0 Å². The molecule has 3 rings (SSSR count). The van der Waals surface area contributed by atoms with E-state index in [-0.39, 0.29) is 17.9 Å². The molecule has 39 heavy (non-hydrogen) atoms. The Labute approximate surface area is 242 Å². The summed E-state index contributed by atoms with van der Waals surface area (Å²) in [5.74, 6) is -0.305. The minimum absolute atomic E-state index is 0.0432. The van der Waals surface area contributed by atoms with E-state index in [9.17, 15) is 9.59 Å². The summed E-state index contributed by atoms with van der Waals surface area (Å²) in [7, 11) is 1.00. The highest BCUT2D eigenvalue weighted by molar-refractivity contribution is 8.00. The van der Waals surface area contributed by atoms with Crippen LogP contribution in [0.2, 0.25) is 0 Å². The minimum atomic E-state index is -0.189. The summed E-state index contributed by atoms with van der Waals surface area (Å²) in [6, 6.07) is 10.2. The monoisotopic (exact) mass is 575 g/mol. The third-order valence-corrected chi connectivity index (χ3v) is 6.26. The Morgan fingerprint density at radius 3 is 2.44 bits per heavy atom. The SMILES string of the molecule is CC.CCN(CCC(C)NC(=O)c1csc(NSC)n1)NC(=O)C1=CCC=CC=C1.CO.Cc1ccccc1. The third-order valence-electron chi connectivity index (χ3n) is 4.98. The van der Waals surface area contributed by atoms with Crippen LogP contribution in [0.4, 0.5) is 5.13 Å². The number of thiazole rings is 1. The van der Waals surface area contributed by atoms with Crippen molar-refractivity contribution in [3.63, 3.8) is 0 Å². The molecule has 0 radical (unpaired) electrons. The van der Waals surface area contributed by atoms with E-state index in [1.165, 1.54) is 28.8 Å². The van der Waals surface area contributed by atoms with Gasteiger partial charge in [-0.15, -0.1) is 11.3 Å². The highest BCUT2D eigenvalue weighted by Gasteiger charge is 2.16. The number of carbonyl (C=O) groups excluding carboxylic acids is 2. The molecule has 216 valence electrons. The fraction of sp³-hybridized carbons (Fsp3) is 0.414. The zero-order chi connectivity index (χ0) is 29.5. The number of nitrogens with one attached hydrogen (secondary N) is 3. The van der Waals surface area contributed by atoms with Gasteiger partial charge in [0.05, 0.1) is 0 Å². The van der Waals surface area contributed by atoms with Crippen LogP contribution >= 0.6 is 23.3 Å². The van der Waals surface area contributed by atoms with Crippen molar-refractivity contribution >= 4 is 40.2 Å². The number of hydrogen-bond acceptors (Lipinski definition) is 8. The predicted molar refractivity (Wildman–Crippen MR) is 168 cm³/mol. The largest absolute Gasteiger partial charge is 0.400 e. The van der Waals surface area contributed by atoms with Crippen LogP contribution < -0.4 is 15.5 Å². The highest BCUT2D eigenvalue weighted by atomic mass is 32.2. The number of hydrogen-bond donors (Lipinski definition) is 4. The van der Waals surface area contributed by atoms with Crippen LogP contribution in [0.1, 0.15) is 56.6 Å². The van der Waals surface area contributed by atoms with E-state index in [2.05, 4.69) is 39.5 Å². The molecule has 2 amide bonds. The molecule has 0 bridgehead atoms.